The quantitative estimate of drug-likeness (QED) is 0.158. The van der Waals surface area contributed by atoms with Gasteiger partial charge in [0.05, 0.1) is 4.90 Å². The Kier molecular flexibility index (Phi) is 10.1. The Balaban J connectivity index is 1.65. The van der Waals surface area contributed by atoms with Crippen LogP contribution in [-0.2, 0) is 20.2 Å². The Morgan fingerprint density at radius 1 is 0.600 bits per heavy atom. The van der Waals surface area contributed by atoms with E-state index in [2.05, 4.69) is 12.1 Å². The molecule has 40 heavy (non-hydrogen) atoms. The first-order chi connectivity index (χ1) is 19.0. The van der Waals surface area contributed by atoms with Crippen molar-refractivity contribution >= 4 is 65.4 Å². The van der Waals surface area contributed by atoms with Gasteiger partial charge in [-0.25, -0.2) is 8.42 Å². The molecule has 0 aromatic heterocycles. The standard InChI is InChI=1S/C30H38I2O6S2/c31-27-18-24(19-28(32)30(27)39(33,34)35)38-40(36,37)29-25(21-12-6-2-7-13-21)16-23(20-10-4-1-5-11-20)17-26(29)22-14-8-3-9-15-22/h16-22H,1-15H2,(H,33,34,35)/p-1. The van der Waals surface area contributed by atoms with E-state index in [-0.39, 0.29) is 29.6 Å². The van der Waals surface area contributed by atoms with Crippen molar-refractivity contribution in [3.05, 3.63) is 48.1 Å². The van der Waals surface area contributed by atoms with Crippen molar-refractivity contribution in [1.82, 2.24) is 0 Å². The third kappa shape index (κ3) is 7.02. The third-order valence-electron chi connectivity index (χ3n) is 9.01. The van der Waals surface area contributed by atoms with Crippen LogP contribution in [-0.4, -0.2) is 21.4 Å². The molecule has 3 fully saturated rings. The van der Waals surface area contributed by atoms with E-state index in [1.165, 1.54) is 49.8 Å². The molecular weight excluding hydrogens is 774 g/mol. The molecule has 220 valence electrons. The van der Waals surface area contributed by atoms with Crippen LogP contribution in [0, 0.1) is 7.14 Å². The zero-order valence-electron chi connectivity index (χ0n) is 22.7. The van der Waals surface area contributed by atoms with Crippen LogP contribution in [0.4, 0.5) is 0 Å². The van der Waals surface area contributed by atoms with Gasteiger partial charge in [-0.05, 0) is 130 Å². The van der Waals surface area contributed by atoms with Crippen molar-refractivity contribution < 1.29 is 25.6 Å². The van der Waals surface area contributed by atoms with Crippen LogP contribution < -0.4 is 4.18 Å². The average Bonchev–Trinajstić information content (AvgIpc) is 2.92. The first-order valence-electron chi connectivity index (χ1n) is 14.6. The first-order valence-corrected chi connectivity index (χ1v) is 19.6. The molecule has 5 rings (SSSR count). The Morgan fingerprint density at radius 3 is 1.40 bits per heavy atom. The zero-order chi connectivity index (χ0) is 28.5. The summed E-state index contributed by atoms with van der Waals surface area (Å²) in [5.74, 6) is 0.866. The van der Waals surface area contributed by atoms with E-state index in [1.807, 2.05) is 0 Å². The maximum atomic E-state index is 14.3. The van der Waals surface area contributed by atoms with Gasteiger partial charge >= 0.3 is 10.1 Å². The molecule has 0 saturated heterocycles. The highest BCUT2D eigenvalue weighted by Gasteiger charge is 2.34. The lowest BCUT2D eigenvalue weighted by Crippen LogP contribution is -2.21. The van der Waals surface area contributed by atoms with Gasteiger partial charge in [-0.1, -0.05) is 69.9 Å². The van der Waals surface area contributed by atoms with Crippen LogP contribution in [0.2, 0.25) is 0 Å². The van der Waals surface area contributed by atoms with Crippen LogP contribution in [0.15, 0.2) is 34.1 Å². The maximum Gasteiger partial charge on any atom is 0.339 e. The highest BCUT2D eigenvalue weighted by Crippen LogP contribution is 2.46. The largest absolute Gasteiger partial charge is 0.744 e. The molecule has 0 radical (unpaired) electrons. The lowest BCUT2D eigenvalue weighted by atomic mass is 9.76. The predicted molar refractivity (Wildman–Crippen MR) is 172 cm³/mol. The molecule has 0 spiro atoms. The van der Waals surface area contributed by atoms with Gasteiger partial charge in [-0.3, -0.25) is 0 Å². The second-order valence-corrected chi connectivity index (χ2v) is 16.9. The van der Waals surface area contributed by atoms with Crippen LogP contribution >= 0.6 is 45.2 Å². The molecule has 0 bridgehead atoms. The Morgan fingerprint density at radius 2 is 1.00 bits per heavy atom. The van der Waals surface area contributed by atoms with Crippen LogP contribution in [0.25, 0.3) is 0 Å². The summed E-state index contributed by atoms with van der Waals surface area (Å²) >= 11 is 3.51. The summed E-state index contributed by atoms with van der Waals surface area (Å²) in [6.45, 7) is 0. The molecule has 0 aliphatic heterocycles. The van der Waals surface area contributed by atoms with Gasteiger partial charge in [0.25, 0.3) is 0 Å². The fourth-order valence-electron chi connectivity index (χ4n) is 7.08. The van der Waals surface area contributed by atoms with E-state index >= 15 is 0 Å². The summed E-state index contributed by atoms with van der Waals surface area (Å²) < 4.78 is 70.1. The van der Waals surface area contributed by atoms with Crippen LogP contribution in [0.5, 0.6) is 5.75 Å². The summed E-state index contributed by atoms with van der Waals surface area (Å²) in [6, 6.07) is 7.08. The number of benzene rings is 2. The van der Waals surface area contributed by atoms with Crippen LogP contribution in [0.3, 0.4) is 0 Å². The lowest BCUT2D eigenvalue weighted by molar-refractivity contribution is 0.414. The fraction of sp³-hybridized carbons (Fsp3) is 0.600. The lowest BCUT2D eigenvalue weighted by Gasteiger charge is -2.32. The van der Waals surface area contributed by atoms with Crippen molar-refractivity contribution in [2.24, 2.45) is 0 Å². The minimum Gasteiger partial charge on any atom is -0.744 e. The van der Waals surface area contributed by atoms with E-state index in [9.17, 15) is 21.4 Å². The van der Waals surface area contributed by atoms with Crippen LogP contribution in [0.1, 0.15) is 131 Å². The van der Waals surface area contributed by atoms with E-state index < -0.39 is 20.2 Å². The molecule has 2 aromatic rings. The second-order valence-electron chi connectivity index (χ2n) is 11.7. The first kappa shape index (κ1) is 31.0. The second kappa shape index (κ2) is 13.1. The summed E-state index contributed by atoms with van der Waals surface area (Å²) in [5, 5.41) is 0. The number of hydrogen-bond donors (Lipinski definition) is 0. The van der Waals surface area contributed by atoms with E-state index in [0.29, 0.717) is 10.8 Å². The van der Waals surface area contributed by atoms with Crippen molar-refractivity contribution in [2.45, 2.75) is 124 Å². The Hall–Kier alpha value is -0.440. The minimum atomic E-state index is -4.70. The summed E-state index contributed by atoms with van der Waals surface area (Å²) in [4.78, 5) is -0.00234. The molecule has 3 aliphatic rings. The highest BCUT2D eigenvalue weighted by atomic mass is 127. The molecule has 2 aromatic carbocycles. The Bertz CT molecular complexity index is 1370. The van der Waals surface area contributed by atoms with Gasteiger partial charge in [0.1, 0.15) is 20.8 Å². The Labute approximate surface area is 266 Å². The van der Waals surface area contributed by atoms with Gasteiger partial charge in [-0.2, -0.15) is 8.42 Å². The molecule has 0 N–H and O–H groups in total. The normalized spacial score (nSPS) is 20.5. The monoisotopic (exact) mass is 811 g/mol. The van der Waals surface area contributed by atoms with Gasteiger partial charge in [0, 0.05) is 7.14 Å². The topological polar surface area (TPSA) is 101 Å². The number of hydrogen-bond acceptors (Lipinski definition) is 6. The summed E-state index contributed by atoms with van der Waals surface area (Å²) in [7, 11) is -8.94. The van der Waals surface area contributed by atoms with E-state index in [4.69, 9.17) is 4.18 Å². The average molecular weight is 812 g/mol. The van der Waals surface area contributed by atoms with E-state index in [0.717, 1.165) is 75.3 Å². The predicted octanol–water partition coefficient (Wildman–Crippen LogP) is 8.71. The zero-order valence-corrected chi connectivity index (χ0v) is 28.6. The molecule has 0 unspecified atom stereocenters. The molecule has 0 heterocycles. The SMILES string of the molecule is O=S(=O)([O-])c1c(I)cc(OS(=O)(=O)c2c(C3CCCCC3)cc(C3CCCCC3)cc2C2CCCCC2)cc1I. The smallest absolute Gasteiger partial charge is 0.339 e. The molecule has 3 aliphatic carbocycles. The van der Waals surface area contributed by atoms with Crippen molar-refractivity contribution in [2.75, 3.05) is 0 Å². The third-order valence-corrected chi connectivity index (χ3v) is 13.8. The fourth-order valence-corrected chi connectivity index (χ4v) is 12.5. The van der Waals surface area contributed by atoms with Crippen molar-refractivity contribution in [3.8, 4) is 5.75 Å². The number of halogens is 2. The molecular formula is C30H37I2O6S2-. The van der Waals surface area contributed by atoms with E-state index in [1.54, 1.807) is 45.2 Å². The molecule has 3 saturated carbocycles. The van der Waals surface area contributed by atoms with Gasteiger partial charge in [0.15, 0.2) is 0 Å². The molecule has 0 amide bonds. The maximum absolute atomic E-state index is 14.3. The van der Waals surface area contributed by atoms with Gasteiger partial charge < -0.3 is 8.74 Å². The number of rotatable bonds is 7. The van der Waals surface area contributed by atoms with Gasteiger partial charge in [-0.15, -0.1) is 0 Å². The molecule has 6 nitrogen and oxygen atoms in total. The summed E-state index contributed by atoms with van der Waals surface area (Å²) in [6.07, 6.45) is 16.7. The summed E-state index contributed by atoms with van der Waals surface area (Å²) in [5.41, 5.74) is 3.15. The van der Waals surface area contributed by atoms with Crippen molar-refractivity contribution in [1.29, 1.82) is 0 Å². The molecule has 10 heteroatoms. The van der Waals surface area contributed by atoms with Crippen molar-refractivity contribution in [3.63, 3.8) is 0 Å². The molecule has 0 atom stereocenters. The highest BCUT2D eigenvalue weighted by molar-refractivity contribution is 14.1. The minimum absolute atomic E-state index is 0.0294. The van der Waals surface area contributed by atoms with Gasteiger partial charge in [0.2, 0.25) is 0 Å².